The molecule has 0 aliphatic carbocycles. The predicted molar refractivity (Wildman–Crippen MR) is 196 cm³/mol. The number of nitrogens with one attached hydrogen (secondary N) is 4. The molecule has 3 aromatic carbocycles. The molecule has 10 bridgehead atoms. The fraction of sp³-hybridized carbons (Fsp3) is 0.300. The number of anilines is 1. The van der Waals surface area contributed by atoms with E-state index in [9.17, 15) is 14.7 Å². The SMILES string of the molecule is CC(C)[C@H](O)C(=O)N[C@H]1Cc2ccc3c(c2)C24c5cccc(c5NC2O3)-c2cccc3[nH]cc(c23)-c2oc(nc2Cl)-c2nc(oc24)[C@H](C(C)C)NC1=O. The highest BCUT2D eigenvalue weighted by molar-refractivity contribution is 6.32. The van der Waals surface area contributed by atoms with Crippen LogP contribution >= 0.6 is 11.6 Å². The molecule has 0 saturated heterocycles. The number of aliphatic hydroxyl groups excluding tert-OH is 1. The molecule has 13 heteroatoms. The quantitative estimate of drug-likeness (QED) is 0.137. The summed E-state index contributed by atoms with van der Waals surface area (Å²) < 4.78 is 20.4. The van der Waals surface area contributed by atoms with Crippen molar-refractivity contribution in [2.45, 2.75) is 63.9 Å². The van der Waals surface area contributed by atoms with Gasteiger partial charge in [0.05, 0.1) is 0 Å². The number of carbonyl (C=O) groups excluding carboxylic acids is 2. The number of hydrogen-bond donors (Lipinski definition) is 5. The first kappa shape index (κ1) is 32.1. The number of hydrogen-bond acceptors (Lipinski definition) is 9. The van der Waals surface area contributed by atoms with Crippen molar-refractivity contribution in [3.05, 3.63) is 94.3 Å². The average molecular weight is 731 g/mol. The summed E-state index contributed by atoms with van der Waals surface area (Å²) in [5.41, 5.74) is 6.11. The number of rotatable bonds is 4. The minimum absolute atomic E-state index is 0.151. The van der Waals surface area contributed by atoms with Crippen LogP contribution < -0.4 is 20.7 Å². The van der Waals surface area contributed by atoms with Crippen molar-refractivity contribution < 1.29 is 28.3 Å². The number of para-hydroxylation sites is 1. The van der Waals surface area contributed by atoms with E-state index in [1.807, 2.05) is 56.4 Å². The van der Waals surface area contributed by atoms with Gasteiger partial charge in [0.1, 0.15) is 29.4 Å². The summed E-state index contributed by atoms with van der Waals surface area (Å²) in [6.45, 7) is 7.39. The van der Waals surface area contributed by atoms with Gasteiger partial charge in [0.2, 0.25) is 17.7 Å². The third-order valence-electron chi connectivity index (χ3n) is 11.1. The summed E-state index contributed by atoms with van der Waals surface area (Å²) in [6.07, 6.45) is 0.0551. The normalized spacial score (nSPS) is 22.4. The first-order valence-electron chi connectivity index (χ1n) is 17.8. The number of oxazole rings is 2. The van der Waals surface area contributed by atoms with Crippen molar-refractivity contribution in [2.75, 3.05) is 5.32 Å². The second kappa shape index (κ2) is 11.2. The molecule has 3 aromatic heterocycles. The fourth-order valence-electron chi connectivity index (χ4n) is 8.46. The minimum Gasteiger partial charge on any atom is -0.469 e. The second-order valence-electron chi connectivity index (χ2n) is 15.0. The van der Waals surface area contributed by atoms with E-state index in [0.717, 1.165) is 50.0 Å². The number of fused-ring (bicyclic) bond motifs is 7. The highest BCUT2D eigenvalue weighted by Crippen LogP contribution is 2.61. The van der Waals surface area contributed by atoms with Crippen molar-refractivity contribution in [2.24, 2.45) is 11.8 Å². The first-order valence-corrected chi connectivity index (χ1v) is 18.2. The topological polar surface area (TPSA) is 168 Å². The fourth-order valence-corrected chi connectivity index (χ4v) is 8.68. The van der Waals surface area contributed by atoms with Gasteiger partial charge in [-0.2, -0.15) is 4.98 Å². The molecule has 0 saturated carbocycles. The molecule has 53 heavy (non-hydrogen) atoms. The average Bonchev–Trinajstić information content (AvgIpc) is 3.95. The maximum Gasteiger partial charge on any atom is 0.250 e. The van der Waals surface area contributed by atoms with Crippen LogP contribution in [0.4, 0.5) is 5.69 Å². The van der Waals surface area contributed by atoms with Gasteiger partial charge in [-0.3, -0.25) is 9.59 Å². The molecular weight excluding hydrogens is 696 g/mol. The molecule has 4 aliphatic rings. The molecule has 1 spiro atoms. The van der Waals surface area contributed by atoms with Crippen LogP contribution in [0.1, 0.15) is 62.1 Å². The first-order chi connectivity index (χ1) is 25.5. The Balaban J connectivity index is 1.29. The van der Waals surface area contributed by atoms with E-state index in [1.165, 1.54) is 0 Å². The molecule has 12 nitrogen and oxygen atoms in total. The number of benzene rings is 3. The number of carbonyl (C=O) groups is 2. The molecule has 0 radical (unpaired) electrons. The molecule has 268 valence electrons. The Morgan fingerprint density at radius 3 is 2.62 bits per heavy atom. The van der Waals surface area contributed by atoms with Crippen LogP contribution in [0.15, 0.2) is 69.6 Å². The van der Waals surface area contributed by atoms with Crippen molar-refractivity contribution in [3.8, 4) is 39.8 Å². The molecule has 0 fully saturated rings. The van der Waals surface area contributed by atoms with Crippen LogP contribution in [-0.4, -0.2) is 50.2 Å². The molecule has 10 rings (SSSR count). The molecule has 5 N–H and O–H groups in total. The Kier molecular flexibility index (Phi) is 6.79. The Morgan fingerprint density at radius 2 is 1.81 bits per heavy atom. The van der Waals surface area contributed by atoms with E-state index >= 15 is 0 Å². The van der Waals surface area contributed by atoms with Crippen molar-refractivity contribution in [1.82, 2.24) is 25.6 Å². The summed E-state index contributed by atoms with van der Waals surface area (Å²) in [6, 6.07) is 16.3. The summed E-state index contributed by atoms with van der Waals surface area (Å²) in [5, 5.41) is 21.4. The lowest BCUT2D eigenvalue weighted by molar-refractivity contribution is -0.135. The van der Waals surface area contributed by atoms with Crippen molar-refractivity contribution >= 4 is 40.0 Å². The molecule has 6 aromatic rings. The van der Waals surface area contributed by atoms with Crippen LogP contribution in [0.3, 0.4) is 0 Å². The van der Waals surface area contributed by atoms with Crippen molar-refractivity contribution in [1.29, 1.82) is 0 Å². The summed E-state index contributed by atoms with van der Waals surface area (Å²) in [5.74, 6) is 0.198. The zero-order chi connectivity index (χ0) is 36.5. The number of halogens is 1. The molecule has 2 amide bonds. The molecule has 7 heterocycles. The lowest BCUT2D eigenvalue weighted by atomic mass is 9.72. The number of aromatic amines is 1. The van der Waals surface area contributed by atoms with Gasteiger partial charge in [-0.05, 0) is 35.1 Å². The van der Waals surface area contributed by atoms with Gasteiger partial charge in [-0.1, -0.05) is 81.8 Å². The molecule has 2 unspecified atom stereocenters. The van der Waals surface area contributed by atoms with E-state index in [-0.39, 0.29) is 35.2 Å². The van der Waals surface area contributed by atoms with Gasteiger partial charge in [0, 0.05) is 51.5 Å². The van der Waals surface area contributed by atoms with Crippen LogP contribution in [0.5, 0.6) is 5.75 Å². The number of nitrogens with zero attached hydrogens (tertiary/aromatic N) is 2. The van der Waals surface area contributed by atoms with Crippen LogP contribution in [0.2, 0.25) is 5.15 Å². The Hall–Kier alpha value is -5.59. The predicted octanol–water partition coefficient (Wildman–Crippen LogP) is 6.46. The van der Waals surface area contributed by atoms with Crippen LogP contribution in [0, 0.1) is 11.8 Å². The van der Waals surface area contributed by atoms with Gasteiger partial charge in [-0.25, -0.2) is 4.98 Å². The molecular formula is C40H35ClN6O6. The highest BCUT2D eigenvalue weighted by atomic mass is 35.5. The molecule has 5 atom stereocenters. The minimum atomic E-state index is -1.29. The number of aromatic nitrogens is 3. The third kappa shape index (κ3) is 4.39. The third-order valence-corrected chi connectivity index (χ3v) is 11.4. The highest BCUT2D eigenvalue weighted by Gasteiger charge is 2.61. The number of amides is 2. The Labute approximate surface area is 308 Å². The number of H-pyrrole nitrogens is 1. The van der Waals surface area contributed by atoms with Gasteiger partial charge < -0.3 is 39.6 Å². The number of ether oxygens (including phenoxy) is 1. The Morgan fingerprint density at radius 1 is 1.00 bits per heavy atom. The maximum atomic E-state index is 14.2. The summed E-state index contributed by atoms with van der Waals surface area (Å²) in [4.78, 5) is 40.6. The van der Waals surface area contributed by atoms with E-state index in [4.69, 9.17) is 35.1 Å². The Bertz CT molecular complexity index is 2530. The van der Waals surface area contributed by atoms with Gasteiger partial charge in [0.25, 0.3) is 5.89 Å². The lowest BCUT2D eigenvalue weighted by Crippen LogP contribution is -2.52. The molecule has 4 aliphatic heterocycles. The summed E-state index contributed by atoms with van der Waals surface area (Å²) >= 11 is 6.93. The monoisotopic (exact) mass is 730 g/mol. The standard InChI is InChI=1S/C40H35ClN6O6/c1-16(2)28-37-45-30-33(53-37)40-22-9-5-8-20(19-7-6-10-24-27(19)21(15-42-24)32-34(41)47-38(30)52-32)29(22)46-39(40)51-26-12-11-18(13-23(26)40)14-25(35(49)44-28)43-36(50)31(48)17(3)4/h5-13,15-17,25,28,31,39,42,46,48H,14H2,1-4H3,(H,43,50)(H,44,49)/t25-,28-,31-,39?,40?/m0/s1. The van der Waals surface area contributed by atoms with Crippen LogP contribution in [-0.2, 0) is 21.4 Å². The zero-order valence-corrected chi connectivity index (χ0v) is 30.0. The summed E-state index contributed by atoms with van der Waals surface area (Å²) in [7, 11) is 0. The lowest BCUT2D eigenvalue weighted by Gasteiger charge is -2.29. The van der Waals surface area contributed by atoms with Gasteiger partial charge in [-0.15, -0.1) is 0 Å². The maximum absolute atomic E-state index is 14.2. The van der Waals surface area contributed by atoms with E-state index < -0.39 is 41.6 Å². The second-order valence-corrected chi connectivity index (χ2v) is 15.4. The van der Waals surface area contributed by atoms with Gasteiger partial charge >= 0.3 is 0 Å². The van der Waals surface area contributed by atoms with E-state index in [0.29, 0.717) is 23.0 Å². The van der Waals surface area contributed by atoms with E-state index in [2.05, 4.69) is 39.1 Å². The van der Waals surface area contributed by atoms with Crippen LogP contribution in [0.25, 0.3) is 44.9 Å². The smallest absolute Gasteiger partial charge is 0.250 e. The number of aliphatic hydroxyl groups is 1. The van der Waals surface area contributed by atoms with Crippen molar-refractivity contribution in [3.63, 3.8) is 0 Å². The largest absolute Gasteiger partial charge is 0.469 e. The zero-order valence-electron chi connectivity index (χ0n) is 29.2. The van der Waals surface area contributed by atoms with E-state index in [1.54, 1.807) is 13.8 Å². The van der Waals surface area contributed by atoms with Gasteiger partial charge in [0.15, 0.2) is 28.6 Å².